The van der Waals surface area contributed by atoms with Crippen molar-refractivity contribution in [1.29, 1.82) is 0 Å². The Morgan fingerprint density at radius 1 is 1.53 bits per heavy atom. The number of hydrogen-bond acceptors (Lipinski definition) is 5. The quantitative estimate of drug-likeness (QED) is 0.841. The van der Waals surface area contributed by atoms with Gasteiger partial charge in [0.2, 0.25) is 0 Å². The van der Waals surface area contributed by atoms with E-state index >= 15 is 0 Å². The SMILES string of the molecule is CCn1ncc(N)c1C(=O)OC1CC(C)OC(C)C1. The van der Waals surface area contributed by atoms with Crippen LogP contribution in [0.2, 0.25) is 0 Å². The molecular weight excluding hydrogens is 246 g/mol. The van der Waals surface area contributed by atoms with E-state index < -0.39 is 5.97 Å². The van der Waals surface area contributed by atoms with E-state index in [0.29, 0.717) is 17.9 Å². The summed E-state index contributed by atoms with van der Waals surface area (Å²) in [5.74, 6) is -0.400. The summed E-state index contributed by atoms with van der Waals surface area (Å²) in [6, 6.07) is 0. The smallest absolute Gasteiger partial charge is 0.359 e. The number of esters is 1. The molecule has 0 bridgehead atoms. The van der Waals surface area contributed by atoms with Gasteiger partial charge in [-0.05, 0) is 20.8 Å². The summed E-state index contributed by atoms with van der Waals surface area (Å²) in [5, 5.41) is 4.04. The largest absolute Gasteiger partial charge is 0.457 e. The van der Waals surface area contributed by atoms with Crippen molar-refractivity contribution in [1.82, 2.24) is 9.78 Å². The van der Waals surface area contributed by atoms with E-state index in [9.17, 15) is 4.79 Å². The van der Waals surface area contributed by atoms with Crippen molar-refractivity contribution in [3.8, 4) is 0 Å². The molecule has 2 rings (SSSR count). The molecule has 2 unspecified atom stereocenters. The monoisotopic (exact) mass is 267 g/mol. The Bertz CT molecular complexity index is 448. The third kappa shape index (κ3) is 3.07. The highest BCUT2D eigenvalue weighted by atomic mass is 16.6. The number of aromatic nitrogens is 2. The molecule has 1 aromatic rings. The number of carbonyl (C=O) groups excluding carboxylic acids is 1. The number of aryl methyl sites for hydroxylation is 1. The zero-order valence-corrected chi connectivity index (χ0v) is 11.6. The molecule has 6 nitrogen and oxygen atoms in total. The van der Waals surface area contributed by atoms with Crippen molar-refractivity contribution in [2.45, 2.75) is 58.5 Å². The molecule has 0 aromatic carbocycles. The third-order valence-corrected chi connectivity index (χ3v) is 3.29. The van der Waals surface area contributed by atoms with Gasteiger partial charge in [0.05, 0.1) is 24.1 Å². The van der Waals surface area contributed by atoms with Crippen LogP contribution in [0.1, 0.15) is 44.1 Å². The van der Waals surface area contributed by atoms with Gasteiger partial charge in [-0.15, -0.1) is 0 Å². The number of hydrogen-bond donors (Lipinski definition) is 1. The van der Waals surface area contributed by atoms with E-state index in [1.807, 2.05) is 20.8 Å². The number of ether oxygens (including phenoxy) is 2. The van der Waals surface area contributed by atoms with Gasteiger partial charge in [-0.3, -0.25) is 4.68 Å². The maximum atomic E-state index is 12.2. The van der Waals surface area contributed by atoms with Crippen LogP contribution in [-0.4, -0.2) is 34.1 Å². The normalized spacial score (nSPS) is 27.2. The van der Waals surface area contributed by atoms with Crippen molar-refractivity contribution in [3.05, 3.63) is 11.9 Å². The lowest BCUT2D eigenvalue weighted by Crippen LogP contribution is -2.35. The molecule has 2 atom stereocenters. The van der Waals surface area contributed by atoms with Crippen molar-refractivity contribution < 1.29 is 14.3 Å². The summed E-state index contributed by atoms with van der Waals surface area (Å²) in [6.45, 7) is 6.46. The zero-order valence-electron chi connectivity index (χ0n) is 11.6. The summed E-state index contributed by atoms with van der Waals surface area (Å²) < 4.78 is 12.7. The first-order valence-electron chi connectivity index (χ1n) is 6.69. The zero-order chi connectivity index (χ0) is 14.0. The van der Waals surface area contributed by atoms with Gasteiger partial charge in [-0.25, -0.2) is 4.79 Å². The molecule has 0 saturated carbocycles. The lowest BCUT2D eigenvalue weighted by molar-refractivity contribution is -0.0857. The maximum absolute atomic E-state index is 12.2. The molecule has 2 heterocycles. The average Bonchev–Trinajstić information content (AvgIpc) is 2.68. The maximum Gasteiger partial charge on any atom is 0.359 e. The van der Waals surface area contributed by atoms with Crippen LogP contribution >= 0.6 is 0 Å². The van der Waals surface area contributed by atoms with E-state index in [2.05, 4.69) is 5.10 Å². The number of nitrogens with zero attached hydrogens (tertiary/aromatic N) is 2. The summed E-state index contributed by atoms with van der Waals surface area (Å²) in [6.07, 6.45) is 3.01. The number of rotatable bonds is 3. The fourth-order valence-corrected chi connectivity index (χ4v) is 2.51. The van der Waals surface area contributed by atoms with E-state index in [4.69, 9.17) is 15.2 Å². The second-order valence-electron chi connectivity index (χ2n) is 5.02. The fourth-order valence-electron chi connectivity index (χ4n) is 2.51. The molecule has 19 heavy (non-hydrogen) atoms. The van der Waals surface area contributed by atoms with Gasteiger partial charge in [-0.1, -0.05) is 0 Å². The van der Waals surface area contributed by atoms with Crippen LogP contribution in [0.4, 0.5) is 5.69 Å². The summed E-state index contributed by atoms with van der Waals surface area (Å²) in [5.41, 5.74) is 6.47. The van der Waals surface area contributed by atoms with Gasteiger partial charge in [0.15, 0.2) is 5.69 Å². The summed E-state index contributed by atoms with van der Waals surface area (Å²) >= 11 is 0. The molecule has 1 aliphatic heterocycles. The minimum atomic E-state index is -0.400. The summed E-state index contributed by atoms with van der Waals surface area (Å²) in [4.78, 5) is 12.2. The molecule has 106 valence electrons. The highest BCUT2D eigenvalue weighted by Gasteiger charge is 2.29. The Balaban J connectivity index is 2.06. The molecule has 0 aliphatic carbocycles. The van der Waals surface area contributed by atoms with E-state index in [0.717, 1.165) is 12.8 Å². The molecule has 0 spiro atoms. The van der Waals surface area contributed by atoms with Crippen molar-refractivity contribution in [2.75, 3.05) is 5.73 Å². The molecule has 6 heteroatoms. The highest BCUT2D eigenvalue weighted by molar-refractivity contribution is 5.93. The molecule has 1 fully saturated rings. The van der Waals surface area contributed by atoms with Gasteiger partial charge < -0.3 is 15.2 Å². The average molecular weight is 267 g/mol. The molecule has 1 saturated heterocycles. The van der Waals surface area contributed by atoms with Crippen LogP contribution in [0, 0.1) is 0 Å². The number of nitrogen functional groups attached to an aromatic ring is 1. The molecule has 0 radical (unpaired) electrons. The topological polar surface area (TPSA) is 79.4 Å². The first-order valence-corrected chi connectivity index (χ1v) is 6.69. The second kappa shape index (κ2) is 5.61. The van der Waals surface area contributed by atoms with Crippen LogP contribution in [-0.2, 0) is 16.0 Å². The lowest BCUT2D eigenvalue weighted by atomic mass is 10.0. The van der Waals surface area contributed by atoms with Gasteiger partial charge >= 0.3 is 5.97 Å². The molecular formula is C13H21N3O3. The van der Waals surface area contributed by atoms with Gasteiger partial charge in [-0.2, -0.15) is 5.10 Å². The van der Waals surface area contributed by atoms with Crippen molar-refractivity contribution >= 4 is 11.7 Å². The van der Waals surface area contributed by atoms with Crippen LogP contribution in [0.25, 0.3) is 0 Å². The minimum absolute atomic E-state index is 0.106. The highest BCUT2D eigenvalue weighted by Crippen LogP contribution is 2.23. The third-order valence-electron chi connectivity index (χ3n) is 3.29. The van der Waals surface area contributed by atoms with Gasteiger partial charge in [0.1, 0.15) is 6.10 Å². The Labute approximate surface area is 112 Å². The lowest BCUT2D eigenvalue weighted by Gasteiger charge is -2.31. The van der Waals surface area contributed by atoms with E-state index in [1.54, 1.807) is 4.68 Å². The van der Waals surface area contributed by atoms with Crippen LogP contribution in [0.3, 0.4) is 0 Å². The molecule has 1 aliphatic rings. The fraction of sp³-hybridized carbons (Fsp3) is 0.692. The van der Waals surface area contributed by atoms with Crippen molar-refractivity contribution in [3.63, 3.8) is 0 Å². The molecule has 2 N–H and O–H groups in total. The second-order valence-corrected chi connectivity index (χ2v) is 5.02. The van der Waals surface area contributed by atoms with Gasteiger partial charge in [0, 0.05) is 19.4 Å². The Hall–Kier alpha value is -1.56. The number of anilines is 1. The van der Waals surface area contributed by atoms with Crippen molar-refractivity contribution in [2.24, 2.45) is 0 Å². The van der Waals surface area contributed by atoms with E-state index in [-0.39, 0.29) is 18.3 Å². The predicted molar refractivity (Wildman–Crippen MR) is 70.8 cm³/mol. The standard InChI is InChI=1S/C13H21N3O3/c1-4-16-12(11(14)7-15-16)13(17)19-10-5-8(2)18-9(3)6-10/h7-10H,4-6,14H2,1-3H3. The van der Waals surface area contributed by atoms with Crippen LogP contribution in [0.15, 0.2) is 6.20 Å². The summed E-state index contributed by atoms with van der Waals surface area (Å²) in [7, 11) is 0. The Kier molecular flexibility index (Phi) is 4.09. The number of nitrogens with two attached hydrogens (primary N) is 1. The first kappa shape index (κ1) is 13.9. The van der Waals surface area contributed by atoms with Crippen LogP contribution < -0.4 is 5.73 Å². The number of carbonyl (C=O) groups is 1. The first-order chi connectivity index (χ1) is 9.01. The molecule has 0 amide bonds. The minimum Gasteiger partial charge on any atom is -0.457 e. The Morgan fingerprint density at radius 2 is 2.16 bits per heavy atom. The Morgan fingerprint density at radius 3 is 2.74 bits per heavy atom. The van der Waals surface area contributed by atoms with Gasteiger partial charge in [0.25, 0.3) is 0 Å². The van der Waals surface area contributed by atoms with E-state index in [1.165, 1.54) is 6.20 Å². The molecule has 1 aromatic heterocycles. The predicted octanol–water partition coefficient (Wildman–Crippen LogP) is 1.60. The van der Waals surface area contributed by atoms with Crippen LogP contribution in [0.5, 0.6) is 0 Å².